The number of fused-ring (bicyclic) bond motifs is 2. The number of hydrogen-bond donors (Lipinski definition) is 0. The van der Waals surface area contributed by atoms with Gasteiger partial charge in [-0.25, -0.2) is 0 Å². The van der Waals surface area contributed by atoms with Crippen LogP contribution in [0, 0.1) is 0 Å². The topological polar surface area (TPSA) is 0 Å². The first kappa shape index (κ1) is 14.5. The van der Waals surface area contributed by atoms with Crippen molar-refractivity contribution in [1.82, 2.24) is 0 Å². The van der Waals surface area contributed by atoms with E-state index < -0.39 is 8.80 Å². The van der Waals surface area contributed by atoms with Gasteiger partial charge in [0.15, 0.2) is 0 Å². The van der Waals surface area contributed by atoms with Crippen molar-refractivity contribution in [1.29, 1.82) is 0 Å². The summed E-state index contributed by atoms with van der Waals surface area (Å²) in [5.41, 5.74) is 0.673. The zero-order valence-corrected chi connectivity index (χ0v) is 14.4. The Morgan fingerprint density at radius 1 is 0.565 bits per heavy atom. The number of benzene rings is 4. The molecule has 0 saturated carbocycles. The molecular weight excluding hydrogens is 316 g/mol. The first-order chi connectivity index (χ1) is 11.4. The molecule has 2 heteroatoms. The summed E-state index contributed by atoms with van der Waals surface area (Å²) in [6, 6.07) is 30.4. The van der Waals surface area contributed by atoms with Gasteiger partial charge in [-0.1, -0.05) is 84.9 Å². The fourth-order valence-electron chi connectivity index (χ4n) is 3.27. The molecular formula is C21H16ClSi. The molecule has 0 unspecified atom stereocenters. The highest BCUT2D eigenvalue weighted by atomic mass is 35.5. The van der Waals surface area contributed by atoms with Gasteiger partial charge in [-0.3, -0.25) is 0 Å². The fraction of sp³-hybridized carbons (Fsp3) is 0.0476. The van der Waals surface area contributed by atoms with Crippen LogP contribution in [-0.2, 0) is 0 Å². The summed E-state index contributed by atoms with van der Waals surface area (Å²) in [4.78, 5) is 0. The molecule has 0 aliphatic carbocycles. The predicted molar refractivity (Wildman–Crippen MR) is 104 cm³/mol. The Hall–Kier alpha value is -2.09. The van der Waals surface area contributed by atoms with Gasteiger partial charge in [0.1, 0.15) is 8.80 Å². The molecule has 0 atom stereocenters. The molecule has 0 amide bonds. The van der Waals surface area contributed by atoms with Crippen molar-refractivity contribution in [3.05, 3.63) is 84.9 Å². The maximum absolute atomic E-state index is 6.48. The highest BCUT2D eigenvalue weighted by Crippen LogP contribution is 2.15. The molecule has 4 aromatic carbocycles. The van der Waals surface area contributed by atoms with Gasteiger partial charge in [0.05, 0.1) is 0 Å². The quantitative estimate of drug-likeness (QED) is 0.386. The molecule has 0 spiro atoms. The van der Waals surface area contributed by atoms with E-state index in [1.54, 1.807) is 0 Å². The van der Waals surface area contributed by atoms with E-state index in [-0.39, 0.29) is 0 Å². The molecule has 0 aliphatic heterocycles. The van der Waals surface area contributed by atoms with Crippen molar-refractivity contribution in [2.45, 2.75) is 0 Å². The SMILES string of the molecule is ClC[Si](c1cccc2ccccc12)c1cccc2ccccc12. The average Bonchev–Trinajstić information content (AvgIpc) is 2.63. The van der Waals surface area contributed by atoms with Crippen LogP contribution in [0.25, 0.3) is 21.5 Å². The van der Waals surface area contributed by atoms with Crippen molar-refractivity contribution in [2.75, 3.05) is 5.50 Å². The van der Waals surface area contributed by atoms with Gasteiger partial charge in [0.25, 0.3) is 0 Å². The lowest BCUT2D eigenvalue weighted by atomic mass is 10.1. The molecule has 4 aromatic rings. The third kappa shape index (κ3) is 2.56. The second-order valence-electron chi connectivity index (χ2n) is 5.67. The Kier molecular flexibility index (Phi) is 3.90. The number of hydrogen-bond acceptors (Lipinski definition) is 0. The van der Waals surface area contributed by atoms with Crippen molar-refractivity contribution < 1.29 is 0 Å². The normalized spacial score (nSPS) is 11.4. The molecule has 1 radical (unpaired) electrons. The second kappa shape index (κ2) is 6.19. The van der Waals surface area contributed by atoms with Crippen LogP contribution in [0.3, 0.4) is 0 Å². The summed E-state index contributed by atoms with van der Waals surface area (Å²) in [6.07, 6.45) is 0. The maximum atomic E-state index is 6.48. The molecule has 111 valence electrons. The van der Waals surface area contributed by atoms with Gasteiger partial charge in [-0.05, 0) is 31.9 Å². The van der Waals surface area contributed by atoms with Gasteiger partial charge in [-0.2, -0.15) is 0 Å². The number of rotatable bonds is 3. The Labute approximate surface area is 142 Å². The first-order valence-corrected chi connectivity index (χ1v) is 10.0. The van der Waals surface area contributed by atoms with Crippen LogP contribution in [0.5, 0.6) is 0 Å². The van der Waals surface area contributed by atoms with Crippen molar-refractivity contribution in [3.63, 3.8) is 0 Å². The highest BCUT2D eigenvalue weighted by molar-refractivity contribution is 6.92. The Morgan fingerprint density at radius 3 is 1.48 bits per heavy atom. The van der Waals surface area contributed by atoms with E-state index in [9.17, 15) is 0 Å². The summed E-state index contributed by atoms with van der Waals surface area (Å²) < 4.78 is 0. The maximum Gasteiger partial charge on any atom is 0.138 e. The lowest BCUT2D eigenvalue weighted by Gasteiger charge is -2.17. The smallest absolute Gasteiger partial charge is 0.130 e. The van der Waals surface area contributed by atoms with Crippen LogP contribution < -0.4 is 10.4 Å². The molecule has 0 heterocycles. The third-order valence-corrected chi connectivity index (χ3v) is 7.60. The van der Waals surface area contributed by atoms with Crippen LogP contribution in [0.2, 0.25) is 0 Å². The van der Waals surface area contributed by atoms with Gasteiger partial charge in [0.2, 0.25) is 0 Å². The van der Waals surface area contributed by atoms with E-state index in [0.29, 0.717) is 5.50 Å². The largest absolute Gasteiger partial charge is 0.138 e. The van der Waals surface area contributed by atoms with Gasteiger partial charge in [0, 0.05) is 5.50 Å². The lowest BCUT2D eigenvalue weighted by molar-refractivity contribution is 1.75. The second-order valence-corrected chi connectivity index (χ2v) is 8.77. The zero-order valence-electron chi connectivity index (χ0n) is 12.7. The van der Waals surface area contributed by atoms with Crippen molar-refractivity contribution >= 4 is 52.3 Å². The first-order valence-electron chi connectivity index (χ1n) is 7.76. The van der Waals surface area contributed by atoms with Gasteiger partial charge < -0.3 is 0 Å². The average molecular weight is 332 g/mol. The zero-order chi connectivity index (χ0) is 15.6. The molecule has 23 heavy (non-hydrogen) atoms. The van der Waals surface area contributed by atoms with Crippen LogP contribution >= 0.6 is 11.6 Å². The van der Waals surface area contributed by atoms with Gasteiger partial charge >= 0.3 is 0 Å². The van der Waals surface area contributed by atoms with E-state index in [2.05, 4.69) is 84.9 Å². The van der Waals surface area contributed by atoms with Crippen LogP contribution in [0.1, 0.15) is 0 Å². The molecule has 0 N–H and O–H groups in total. The van der Waals surface area contributed by atoms with E-state index in [4.69, 9.17) is 11.6 Å². The van der Waals surface area contributed by atoms with Crippen molar-refractivity contribution in [2.24, 2.45) is 0 Å². The van der Waals surface area contributed by atoms with Crippen LogP contribution in [0.15, 0.2) is 84.9 Å². The van der Waals surface area contributed by atoms with Crippen LogP contribution in [-0.4, -0.2) is 14.3 Å². The minimum absolute atomic E-state index is 0.673. The minimum Gasteiger partial charge on any atom is -0.130 e. The molecule has 0 aliphatic rings. The summed E-state index contributed by atoms with van der Waals surface area (Å²) >= 11 is 6.48. The van der Waals surface area contributed by atoms with E-state index in [1.807, 2.05) is 0 Å². The van der Waals surface area contributed by atoms with E-state index in [1.165, 1.54) is 31.9 Å². The standard InChI is InChI=1S/C21H16ClSi/c22-15-23(20-13-5-9-16-7-1-3-11-18(16)20)21-14-6-10-17-8-2-4-12-19(17)21/h1-14H,15H2. The van der Waals surface area contributed by atoms with E-state index in [0.717, 1.165) is 0 Å². The molecule has 0 fully saturated rings. The molecule has 0 saturated heterocycles. The minimum atomic E-state index is -1.02. The third-order valence-electron chi connectivity index (χ3n) is 4.36. The molecule has 0 aromatic heterocycles. The monoisotopic (exact) mass is 331 g/mol. The Morgan fingerprint density at radius 2 is 1.00 bits per heavy atom. The number of alkyl halides is 1. The predicted octanol–water partition coefficient (Wildman–Crippen LogP) is 4.38. The summed E-state index contributed by atoms with van der Waals surface area (Å²) in [5.74, 6) is 0. The molecule has 4 rings (SSSR count). The highest BCUT2D eigenvalue weighted by Gasteiger charge is 2.20. The Bertz CT molecular complexity index is 887. The number of halogens is 1. The van der Waals surface area contributed by atoms with Crippen molar-refractivity contribution in [3.8, 4) is 0 Å². The summed E-state index contributed by atoms with van der Waals surface area (Å²) in [6.45, 7) is 0. The molecule has 0 nitrogen and oxygen atoms in total. The Balaban J connectivity index is 1.97. The summed E-state index contributed by atoms with van der Waals surface area (Å²) in [5, 5.41) is 8.05. The van der Waals surface area contributed by atoms with Gasteiger partial charge in [-0.15, -0.1) is 11.6 Å². The molecule has 0 bridgehead atoms. The fourth-order valence-corrected chi connectivity index (χ4v) is 6.41. The summed E-state index contributed by atoms with van der Waals surface area (Å²) in [7, 11) is -1.02. The van der Waals surface area contributed by atoms with E-state index >= 15 is 0 Å². The van der Waals surface area contributed by atoms with Crippen LogP contribution in [0.4, 0.5) is 0 Å². The lowest BCUT2D eigenvalue weighted by Crippen LogP contribution is -2.45.